The number of ether oxygens (including phenoxy) is 2. The van der Waals surface area contributed by atoms with Crippen LogP contribution in [-0.2, 0) is 4.74 Å². The molecule has 16 heavy (non-hydrogen) atoms. The smallest absolute Gasteiger partial charge is 0.119 e. The SMILES string of the molecule is NC(CCOc1ccccc1)C1=CCCO1. The van der Waals surface area contributed by atoms with Gasteiger partial charge in [-0.1, -0.05) is 18.2 Å². The van der Waals surface area contributed by atoms with E-state index < -0.39 is 0 Å². The first-order valence-corrected chi connectivity index (χ1v) is 5.62. The van der Waals surface area contributed by atoms with Gasteiger partial charge in [0.15, 0.2) is 0 Å². The minimum Gasteiger partial charge on any atom is -0.496 e. The highest BCUT2D eigenvalue weighted by atomic mass is 16.5. The minimum atomic E-state index is -0.0359. The van der Waals surface area contributed by atoms with Crippen LogP contribution in [0.5, 0.6) is 5.75 Å². The molecule has 86 valence electrons. The van der Waals surface area contributed by atoms with Gasteiger partial charge in [0.25, 0.3) is 0 Å². The highest BCUT2D eigenvalue weighted by Crippen LogP contribution is 2.15. The third-order valence-electron chi connectivity index (χ3n) is 2.54. The lowest BCUT2D eigenvalue weighted by atomic mass is 10.2. The quantitative estimate of drug-likeness (QED) is 0.824. The first-order chi connectivity index (χ1) is 7.86. The van der Waals surface area contributed by atoms with Crippen LogP contribution in [0.3, 0.4) is 0 Å². The Hall–Kier alpha value is -1.48. The molecule has 3 heteroatoms. The summed E-state index contributed by atoms with van der Waals surface area (Å²) < 4.78 is 11.0. The van der Waals surface area contributed by atoms with Crippen molar-refractivity contribution in [3.63, 3.8) is 0 Å². The van der Waals surface area contributed by atoms with Gasteiger partial charge in [-0.25, -0.2) is 0 Å². The molecule has 0 saturated carbocycles. The maximum atomic E-state index is 5.97. The number of para-hydroxylation sites is 1. The molecule has 0 aliphatic carbocycles. The molecule has 0 amide bonds. The van der Waals surface area contributed by atoms with Crippen molar-refractivity contribution in [3.05, 3.63) is 42.2 Å². The van der Waals surface area contributed by atoms with Crippen LogP contribution in [0.25, 0.3) is 0 Å². The molecule has 0 fully saturated rings. The Labute approximate surface area is 95.9 Å². The Morgan fingerprint density at radius 1 is 1.31 bits per heavy atom. The van der Waals surface area contributed by atoms with Crippen molar-refractivity contribution in [2.24, 2.45) is 5.73 Å². The van der Waals surface area contributed by atoms with E-state index in [1.54, 1.807) is 0 Å². The summed E-state index contributed by atoms with van der Waals surface area (Å²) in [7, 11) is 0. The summed E-state index contributed by atoms with van der Waals surface area (Å²) in [6.07, 6.45) is 3.82. The van der Waals surface area contributed by atoms with Gasteiger partial charge in [-0.3, -0.25) is 0 Å². The van der Waals surface area contributed by atoms with Crippen LogP contribution in [0.15, 0.2) is 42.2 Å². The van der Waals surface area contributed by atoms with Crippen LogP contribution in [0.1, 0.15) is 12.8 Å². The highest BCUT2D eigenvalue weighted by molar-refractivity contribution is 5.20. The average molecular weight is 219 g/mol. The molecule has 2 N–H and O–H groups in total. The zero-order chi connectivity index (χ0) is 11.2. The number of benzene rings is 1. The zero-order valence-corrected chi connectivity index (χ0v) is 9.26. The normalized spacial score (nSPS) is 16.4. The van der Waals surface area contributed by atoms with Crippen molar-refractivity contribution in [2.75, 3.05) is 13.2 Å². The van der Waals surface area contributed by atoms with Crippen LogP contribution in [0.2, 0.25) is 0 Å². The fourth-order valence-corrected chi connectivity index (χ4v) is 1.66. The molecule has 3 nitrogen and oxygen atoms in total. The van der Waals surface area contributed by atoms with Crippen LogP contribution in [0.4, 0.5) is 0 Å². The van der Waals surface area contributed by atoms with Gasteiger partial charge in [0.2, 0.25) is 0 Å². The second kappa shape index (κ2) is 5.56. The topological polar surface area (TPSA) is 44.5 Å². The van der Waals surface area contributed by atoms with Gasteiger partial charge in [0.1, 0.15) is 11.5 Å². The second-order valence-electron chi connectivity index (χ2n) is 3.80. The van der Waals surface area contributed by atoms with E-state index in [0.717, 1.165) is 31.0 Å². The average Bonchev–Trinajstić information content (AvgIpc) is 2.84. The molecule has 0 aromatic heterocycles. The monoisotopic (exact) mass is 219 g/mol. The molecule has 1 aromatic carbocycles. The fraction of sp³-hybridized carbons (Fsp3) is 0.385. The summed E-state index contributed by atoms with van der Waals surface area (Å²) in [6, 6.07) is 9.73. The third-order valence-corrected chi connectivity index (χ3v) is 2.54. The zero-order valence-electron chi connectivity index (χ0n) is 9.26. The predicted octanol–water partition coefficient (Wildman–Crippen LogP) is 2.09. The molecule has 0 saturated heterocycles. The fourth-order valence-electron chi connectivity index (χ4n) is 1.66. The number of hydrogen-bond acceptors (Lipinski definition) is 3. The standard InChI is InChI=1S/C13H17NO2/c14-12(13-7-4-9-16-13)8-10-15-11-5-2-1-3-6-11/h1-3,5-7,12H,4,8-10,14H2. The lowest BCUT2D eigenvalue weighted by Crippen LogP contribution is -2.25. The van der Waals surface area contributed by atoms with Gasteiger partial charge in [-0.05, 0) is 18.2 Å². The van der Waals surface area contributed by atoms with Crippen molar-refractivity contribution >= 4 is 0 Å². The number of hydrogen-bond donors (Lipinski definition) is 1. The Morgan fingerprint density at radius 3 is 2.81 bits per heavy atom. The first kappa shape index (κ1) is 11.0. The van der Waals surface area contributed by atoms with Crippen LogP contribution < -0.4 is 10.5 Å². The van der Waals surface area contributed by atoms with E-state index in [1.165, 1.54) is 0 Å². The van der Waals surface area contributed by atoms with Gasteiger partial charge < -0.3 is 15.2 Å². The molecule has 1 atom stereocenters. The molecule has 0 radical (unpaired) electrons. The maximum Gasteiger partial charge on any atom is 0.119 e. The van der Waals surface area contributed by atoms with Gasteiger partial charge in [0, 0.05) is 12.8 Å². The molecule has 0 spiro atoms. The van der Waals surface area contributed by atoms with Gasteiger partial charge in [0.05, 0.1) is 19.3 Å². The minimum absolute atomic E-state index is 0.0359. The summed E-state index contributed by atoms with van der Waals surface area (Å²) in [4.78, 5) is 0. The third kappa shape index (κ3) is 3.00. The van der Waals surface area contributed by atoms with E-state index in [9.17, 15) is 0 Å². The molecular formula is C13H17NO2. The molecule has 1 aliphatic rings. The van der Waals surface area contributed by atoms with Crippen molar-refractivity contribution in [1.29, 1.82) is 0 Å². The maximum absolute atomic E-state index is 5.97. The molecule has 1 heterocycles. The summed E-state index contributed by atoms with van der Waals surface area (Å²) in [5.41, 5.74) is 5.97. The number of rotatable bonds is 5. The molecule has 1 unspecified atom stereocenters. The Balaban J connectivity index is 1.72. The van der Waals surface area contributed by atoms with Crippen LogP contribution in [0, 0.1) is 0 Å². The van der Waals surface area contributed by atoms with E-state index >= 15 is 0 Å². The molecule has 2 rings (SSSR count). The lowest BCUT2D eigenvalue weighted by Gasteiger charge is -2.13. The Bertz CT molecular complexity index is 348. The second-order valence-corrected chi connectivity index (χ2v) is 3.80. The lowest BCUT2D eigenvalue weighted by molar-refractivity contribution is 0.211. The van der Waals surface area contributed by atoms with E-state index in [-0.39, 0.29) is 6.04 Å². The highest BCUT2D eigenvalue weighted by Gasteiger charge is 2.14. The summed E-state index contributed by atoms with van der Waals surface area (Å²) in [5.74, 6) is 1.80. The molecule has 1 aliphatic heterocycles. The van der Waals surface area contributed by atoms with Crippen LogP contribution >= 0.6 is 0 Å². The Morgan fingerprint density at radius 2 is 2.12 bits per heavy atom. The van der Waals surface area contributed by atoms with Crippen molar-refractivity contribution in [1.82, 2.24) is 0 Å². The van der Waals surface area contributed by atoms with Crippen LogP contribution in [-0.4, -0.2) is 19.3 Å². The summed E-state index contributed by atoms with van der Waals surface area (Å²) >= 11 is 0. The van der Waals surface area contributed by atoms with E-state index in [1.807, 2.05) is 30.3 Å². The van der Waals surface area contributed by atoms with E-state index in [0.29, 0.717) is 6.61 Å². The molecular weight excluding hydrogens is 202 g/mol. The molecule has 1 aromatic rings. The van der Waals surface area contributed by atoms with E-state index in [4.69, 9.17) is 15.2 Å². The van der Waals surface area contributed by atoms with Crippen molar-refractivity contribution in [3.8, 4) is 5.75 Å². The first-order valence-electron chi connectivity index (χ1n) is 5.62. The van der Waals surface area contributed by atoms with Gasteiger partial charge >= 0.3 is 0 Å². The summed E-state index contributed by atoms with van der Waals surface area (Å²) in [5, 5.41) is 0. The van der Waals surface area contributed by atoms with E-state index in [2.05, 4.69) is 6.08 Å². The van der Waals surface area contributed by atoms with Crippen molar-refractivity contribution < 1.29 is 9.47 Å². The van der Waals surface area contributed by atoms with Crippen molar-refractivity contribution in [2.45, 2.75) is 18.9 Å². The largest absolute Gasteiger partial charge is 0.496 e. The predicted molar refractivity (Wildman–Crippen MR) is 63.2 cm³/mol. The van der Waals surface area contributed by atoms with Gasteiger partial charge in [-0.15, -0.1) is 0 Å². The molecule has 0 bridgehead atoms. The van der Waals surface area contributed by atoms with Gasteiger partial charge in [-0.2, -0.15) is 0 Å². The summed E-state index contributed by atoms with van der Waals surface area (Å²) in [6.45, 7) is 1.38. The Kier molecular flexibility index (Phi) is 3.83. The number of nitrogens with two attached hydrogens (primary N) is 1.